The Morgan fingerprint density at radius 3 is 2.79 bits per heavy atom. The molecule has 2 unspecified atom stereocenters. The summed E-state index contributed by atoms with van der Waals surface area (Å²) in [6.45, 7) is 4.84. The number of hydrogen-bond donors (Lipinski definition) is 1. The number of benzene rings is 1. The predicted molar refractivity (Wildman–Crippen MR) is 57.5 cm³/mol. The van der Waals surface area contributed by atoms with Crippen molar-refractivity contribution < 1.29 is 4.74 Å². The van der Waals surface area contributed by atoms with Gasteiger partial charge in [-0.3, -0.25) is 0 Å². The van der Waals surface area contributed by atoms with Gasteiger partial charge in [0.2, 0.25) is 0 Å². The topological polar surface area (TPSA) is 21.3 Å². The van der Waals surface area contributed by atoms with Crippen LogP contribution in [0, 0.1) is 0 Å². The van der Waals surface area contributed by atoms with Gasteiger partial charge in [-0.05, 0) is 12.1 Å². The van der Waals surface area contributed by atoms with Crippen LogP contribution in [0.3, 0.4) is 0 Å². The van der Waals surface area contributed by atoms with Crippen molar-refractivity contribution in [3.05, 3.63) is 35.9 Å². The van der Waals surface area contributed by atoms with Crippen LogP contribution >= 0.6 is 0 Å². The molecule has 1 aromatic rings. The third kappa shape index (κ3) is 1.97. The first-order valence-corrected chi connectivity index (χ1v) is 5.28. The number of nitrogens with one attached hydrogen (secondary N) is 1. The highest BCUT2D eigenvalue weighted by atomic mass is 16.5. The predicted octanol–water partition coefficient (Wildman–Crippen LogP) is 1.78. The summed E-state index contributed by atoms with van der Waals surface area (Å²) < 4.78 is 5.51. The van der Waals surface area contributed by atoms with Gasteiger partial charge in [0, 0.05) is 12.0 Å². The van der Waals surface area contributed by atoms with Gasteiger partial charge >= 0.3 is 0 Å². The van der Waals surface area contributed by atoms with Crippen LogP contribution in [0.5, 0.6) is 0 Å². The van der Waals surface area contributed by atoms with Crippen molar-refractivity contribution in [1.82, 2.24) is 5.32 Å². The third-order valence-electron chi connectivity index (χ3n) is 2.77. The van der Waals surface area contributed by atoms with Crippen LogP contribution in [0.1, 0.15) is 18.4 Å². The summed E-state index contributed by atoms with van der Waals surface area (Å²) in [7, 11) is 0. The minimum Gasteiger partial charge on any atom is -0.379 e. The van der Waals surface area contributed by atoms with E-state index in [0.717, 1.165) is 19.8 Å². The van der Waals surface area contributed by atoms with E-state index >= 15 is 0 Å². The molecule has 0 bridgehead atoms. The summed E-state index contributed by atoms with van der Waals surface area (Å²) in [6.07, 6.45) is 0. The van der Waals surface area contributed by atoms with Crippen LogP contribution in [0.4, 0.5) is 0 Å². The molecule has 76 valence electrons. The third-order valence-corrected chi connectivity index (χ3v) is 2.77. The zero-order valence-electron chi connectivity index (χ0n) is 8.57. The van der Waals surface area contributed by atoms with Crippen molar-refractivity contribution in [2.45, 2.75) is 18.9 Å². The Morgan fingerprint density at radius 1 is 1.29 bits per heavy atom. The van der Waals surface area contributed by atoms with Crippen LogP contribution in [0.25, 0.3) is 0 Å². The van der Waals surface area contributed by atoms with E-state index in [-0.39, 0.29) is 0 Å². The Hall–Kier alpha value is -0.860. The second kappa shape index (κ2) is 4.58. The molecule has 2 heteroatoms. The van der Waals surface area contributed by atoms with Crippen LogP contribution < -0.4 is 5.32 Å². The lowest BCUT2D eigenvalue weighted by Crippen LogP contribution is -2.34. The standard InChI is InChI=1S/C12H17NO/c1-2-13-12-9-14-8-11(12)10-6-4-3-5-7-10/h3-7,11-13H,2,8-9H2,1H3. The first-order chi connectivity index (χ1) is 6.92. The van der Waals surface area contributed by atoms with Crippen LogP contribution in [-0.4, -0.2) is 25.8 Å². The summed E-state index contributed by atoms with van der Waals surface area (Å²) in [5.41, 5.74) is 1.39. The van der Waals surface area contributed by atoms with Gasteiger partial charge in [-0.2, -0.15) is 0 Å². The van der Waals surface area contributed by atoms with Gasteiger partial charge < -0.3 is 10.1 Å². The molecule has 0 aromatic heterocycles. The lowest BCUT2D eigenvalue weighted by molar-refractivity contribution is 0.188. The van der Waals surface area contributed by atoms with Crippen molar-refractivity contribution >= 4 is 0 Å². The Bertz CT molecular complexity index is 273. The van der Waals surface area contributed by atoms with Gasteiger partial charge in [-0.1, -0.05) is 37.3 Å². The highest BCUT2D eigenvalue weighted by Crippen LogP contribution is 2.25. The number of hydrogen-bond acceptors (Lipinski definition) is 2. The van der Waals surface area contributed by atoms with E-state index in [9.17, 15) is 0 Å². The largest absolute Gasteiger partial charge is 0.379 e. The highest BCUT2D eigenvalue weighted by molar-refractivity contribution is 5.22. The molecule has 2 nitrogen and oxygen atoms in total. The van der Waals surface area contributed by atoms with Crippen LogP contribution in [-0.2, 0) is 4.74 Å². The first-order valence-electron chi connectivity index (χ1n) is 5.28. The zero-order valence-corrected chi connectivity index (χ0v) is 8.57. The molecule has 0 spiro atoms. The van der Waals surface area contributed by atoms with Crippen molar-refractivity contribution in [3.8, 4) is 0 Å². The Morgan fingerprint density at radius 2 is 2.07 bits per heavy atom. The summed E-state index contributed by atoms with van der Waals surface area (Å²) in [6, 6.07) is 11.1. The molecule has 0 radical (unpaired) electrons. The molecule has 2 rings (SSSR count). The van der Waals surface area contributed by atoms with Gasteiger partial charge in [-0.15, -0.1) is 0 Å². The minimum absolute atomic E-state index is 0.488. The number of likely N-dealkylation sites (N-methyl/N-ethyl adjacent to an activating group) is 1. The second-order valence-corrected chi connectivity index (χ2v) is 3.72. The van der Waals surface area contributed by atoms with E-state index in [1.807, 2.05) is 0 Å². The molecule has 0 aliphatic carbocycles. The fourth-order valence-electron chi connectivity index (χ4n) is 2.05. The maximum absolute atomic E-state index is 5.51. The summed E-state index contributed by atoms with van der Waals surface area (Å²) >= 11 is 0. The van der Waals surface area contributed by atoms with Crippen molar-refractivity contribution in [2.24, 2.45) is 0 Å². The SMILES string of the molecule is CCNC1COCC1c1ccccc1. The monoisotopic (exact) mass is 191 g/mol. The molecule has 14 heavy (non-hydrogen) atoms. The first kappa shape index (κ1) is 9.69. The molecule has 1 N–H and O–H groups in total. The molecule has 0 amide bonds. The molecular weight excluding hydrogens is 174 g/mol. The lowest BCUT2D eigenvalue weighted by Gasteiger charge is -2.18. The van der Waals surface area contributed by atoms with Crippen LogP contribution in [0.2, 0.25) is 0 Å². The molecule has 1 aliphatic rings. The fraction of sp³-hybridized carbons (Fsp3) is 0.500. The average molecular weight is 191 g/mol. The molecule has 1 aliphatic heterocycles. The molecule has 0 saturated carbocycles. The average Bonchev–Trinajstić information content (AvgIpc) is 2.68. The lowest BCUT2D eigenvalue weighted by atomic mass is 9.94. The summed E-state index contributed by atoms with van der Waals surface area (Å²) in [5, 5.41) is 3.47. The molecule has 1 fully saturated rings. The Labute approximate surface area is 85.3 Å². The van der Waals surface area contributed by atoms with E-state index in [1.165, 1.54) is 5.56 Å². The van der Waals surface area contributed by atoms with E-state index < -0.39 is 0 Å². The van der Waals surface area contributed by atoms with Gasteiger partial charge in [0.1, 0.15) is 0 Å². The number of rotatable bonds is 3. The van der Waals surface area contributed by atoms with Crippen LogP contribution in [0.15, 0.2) is 30.3 Å². The normalized spacial score (nSPS) is 26.6. The molecule has 2 atom stereocenters. The molecular formula is C12H17NO. The maximum atomic E-state index is 5.51. The van der Waals surface area contributed by atoms with Crippen molar-refractivity contribution in [3.63, 3.8) is 0 Å². The zero-order chi connectivity index (χ0) is 9.80. The quantitative estimate of drug-likeness (QED) is 0.786. The Balaban J connectivity index is 2.10. The molecule has 1 heterocycles. The minimum atomic E-state index is 0.488. The summed E-state index contributed by atoms with van der Waals surface area (Å²) in [5.74, 6) is 0.524. The summed E-state index contributed by atoms with van der Waals surface area (Å²) in [4.78, 5) is 0. The second-order valence-electron chi connectivity index (χ2n) is 3.72. The van der Waals surface area contributed by atoms with E-state index in [2.05, 4.69) is 42.6 Å². The Kier molecular flexibility index (Phi) is 3.17. The number of ether oxygens (including phenoxy) is 1. The van der Waals surface area contributed by atoms with Gasteiger partial charge in [0.15, 0.2) is 0 Å². The smallest absolute Gasteiger partial charge is 0.0626 e. The molecule has 1 saturated heterocycles. The maximum Gasteiger partial charge on any atom is 0.0626 e. The van der Waals surface area contributed by atoms with Gasteiger partial charge in [-0.25, -0.2) is 0 Å². The van der Waals surface area contributed by atoms with E-state index in [1.54, 1.807) is 0 Å². The van der Waals surface area contributed by atoms with Crippen molar-refractivity contribution in [1.29, 1.82) is 0 Å². The van der Waals surface area contributed by atoms with E-state index in [4.69, 9.17) is 4.74 Å². The van der Waals surface area contributed by atoms with Gasteiger partial charge in [0.25, 0.3) is 0 Å². The molecule has 1 aromatic carbocycles. The van der Waals surface area contributed by atoms with E-state index in [0.29, 0.717) is 12.0 Å². The van der Waals surface area contributed by atoms with Gasteiger partial charge in [0.05, 0.1) is 13.2 Å². The van der Waals surface area contributed by atoms with Crippen molar-refractivity contribution in [2.75, 3.05) is 19.8 Å². The highest BCUT2D eigenvalue weighted by Gasteiger charge is 2.28. The fourth-order valence-corrected chi connectivity index (χ4v) is 2.05.